The highest BCUT2D eigenvalue weighted by molar-refractivity contribution is 7.04. The third kappa shape index (κ3) is 3.49. The lowest BCUT2D eigenvalue weighted by molar-refractivity contribution is 1.68. The number of hydrogen-bond donors (Lipinski definition) is 0. The summed E-state index contributed by atoms with van der Waals surface area (Å²) in [6.07, 6.45) is 0. The number of rotatable bonds is 2. The molecule has 0 aromatic heterocycles. The Labute approximate surface area is 252 Å². The maximum absolute atomic E-state index is 2.52. The predicted molar refractivity (Wildman–Crippen MR) is 190 cm³/mol. The molecule has 0 spiro atoms. The molecule has 0 fully saturated rings. The van der Waals surface area contributed by atoms with Gasteiger partial charge in [-0.25, -0.2) is 0 Å². The third-order valence-electron chi connectivity index (χ3n) is 9.81. The van der Waals surface area contributed by atoms with Crippen molar-refractivity contribution in [2.75, 3.05) is 0 Å². The van der Waals surface area contributed by atoms with E-state index < -0.39 is 8.07 Å². The van der Waals surface area contributed by atoms with Crippen molar-refractivity contribution < 1.29 is 0 Å². The molecule has 0 nitrogen and oxygen atoms in total. The van der Waals surface area contributed by atoms with Gasteiger partial charge in [-0.15, -0.1) is 0 Å². The van der Waals surface area contributed by atoms with Crippen LogP contribution in [0.15, 0.2) is 146 Å². The summed E-state index contributed by atoms with van der Waals surface area (Å²) in [7, 11) is -1.87. The first-order valence-corrected chi connectivity index (χ1v) is 18.2. The van der Waals surface area contributed by atoms with Gasteiger partial charge in [0.2, 0.25) is 0 Å². The quantitative estimate of drug-likeness (QED) is 0.145. The predicted octanol–water partition coefficient (Wildman–Crippen LogP) is 10.4. The van der Waals surface area contributed by atoms with Crippen LogP contribution in [0.1, 0.15) is 0 Å². The van der Waals surface area contributed by atoms with Crippen molar-refractivity contribution in [3.8, 4) is 33.4 Å². The molecule has 202 valence electrons. The fraction of sp³-hybridized carbons (Fsp3) is 0.0476. The van der Waals surface area contributed by atoms with E-state index in [1.165, 1.54) is 76.5 Å². The SMILES string of the molecule is C[Si]1(C)c2ccccc2-c2c1ccc1c(-c3ccc4ccccc4c3)c3ccccc3c(-c3ccc4ccccc4c3)c21. The maximum atomic E-state index is 2.52. The van der Waals surface area contributed by atoms with Crippen molar-refractivity contribution in [1.82, 2.24) is 0 Å². The fourth-order valence-electron chi connectivity index (χ4n) is 7.76. The first-order valence-electron chi connectivity index (χ1n) is 15.2. The summed E-state index contributed by atoms with van der Waals surface area (Å²) in [6, 6.07) is 54.6. The van der Waals surface area contributed by atoms with Crippen LogP contribution in [0, 0.1) is 0 Å². The molecule has 8 aromatic carbocycles. The average Bonchev–Trinajstić information content (AvgIpc) is 3.29. The fourth-order valence-corrected chi connectivity index (χ4v) is 10.8. The molecule has 0 amide bonds. The minimum Gasteiger partial charge on any atom is -0.0623 e. The highest BCUT2D eigenvalue weighted by Crippen LogP contribution is 2.48. The van der Waals surface area contributed by atoms with Gasteiger partial charge in [0.1, 0.15) is 8.07 Å². The lowest BCUT2D eigenvalue weighted by Crippen LogP contribution is -2.49. The van der Waals surface area contributed by atoms with Crippen LogP contribution in [-0.2, 0) is 0 Å². The van der Waals surface area contributed by atoms with Gasteiger partial charge in [0.25, 0.3) is 0 Å². The molecular formula is C42H30Si. The summed E-state index contributed by atoms with van der Waals surface area (Å²) >= 11 is 0. The normalized spacial score (nSPS) is 13.5. The van der Waals surface area contributed by atoms with Crippen molar-refractivity contribution in [2.24, 2.45) is 0 Å². The monoisotopic (exact) mass is 562 g/mol. The number of fused-ring (bicyclic) bond motifs is 8. The summed E-state index contributed by atoms with van der Waals surface area (Å²) in [6.45, 7) is 5.04. The van der Waals surface area contributed by atoms with Crippen molar-refractivity contribution in [2.45, 2.75) is 13.1 Å². The van der Waals surface area contributed by atoms with E-state index in [0.717, 1.165) is 0 Å². The second-order valence-corrected chi connectivity index (χ2v) is 16.8. The topological polar surface area (TPSA) is 0 Å². The van der Waals surface area contributed by atoms with Gasteiger partial charge in [0.05, 0.1) is 0 Å². The Morgan fingerprint density at radius 1 is 0.372 bits per heavy atom. The van der Waals surface area contributed by atoms with Gasteiger partial charge < -0.3 is 0 Å². The van der Waals surface area contributed by atoms with Crippen molar-refractivity contribution >= 4 is 61.5 Å². The Hall–Kier alpha value is -4.98. The molecule has 9 rings (SSSR count). The summed E-state index contributed by atoms with van der Waals surface area (Å²) < 4.78 is 0. The first kappa shape index (κ1) is 24.6. The van der Waals surface area contributed by atoms with Crippen molar-refractivity contribution in [3.05, 3.63) is 146 Å². The van der Waals surface area contributed by atoms with Gasteiger partial charge in [-0.05, 0) is 99.0 Å². The van der Waals surface area contributed by atoms with Crippen LogP contribution < -0.4 is 10.4 Å². The first-order chi connectivity index (χ1) is 21.1. The van der Waals surface area contributed by atoms with Crippen LogP contribution in [-0.4, -0.2) is 8.07 Å². The molecule has 0 radical (unpaired) electrons. The van der Waals surface area contributed by atoms with Gasteiger partial charge in [-0.1, -0.05) is 147 Å². The average molecular weight is 563 g/mol. The lowest BCUT2D eigenvalue weighted by Gasteiger charge is -2.23. The minimum atomic E-state index is -1.87. The summed E-state index contributed by atoms with van der Waals surface area (Å²) in [5.74, 6) is 0. The molecule has 43 heavy (non-hydrogen) atoms. The smallest absolute Gasteiger partial charge is 0.0623 e. The number of hydrogen-bond acceptors (Lipinski definition) is 0. The molecule has 1 aliphatic heterocycles. The van der Waals surface area contributed by atoms with Crippen LogP contribution in [0.3, 0.4) is 0 Å². The van der Waals surface area contributed by atoms with E-state index in [0.29, 0.717) is 0 Å². The van der Waals surface area contributed by atoms with E-state index in [4.69, 9.17) is 0 Å². The largest absolute Gasteiger partial charge is 0.113 e. The Morgan fingerprint density at radius 3 is 1.58 bits per heavy atom. The van der Waals surface area contributed by atoms with Gasteiger partial charge >= 0.3 is 0 Å². The Balaban J connectivity index is 1.51. The highest BCUT2D eigenvalue weighted by Gasteiger charge is 2.39. The molecule has 0 bridgehead atoms. The standard InChI is InChI=1S/C42H30Si/c1-43(2)37-18-10-9-17-35(37)41-38(43)24-23-36-39(31-21-19-27-11-3-5-13-29(27)25-31)33-15-7-8-16-34(33)40(42(36)41)32-22-20-28-12-4-6-14-30(28)26-32/h3-26H,1-2H3. The zero-order chi connectivity index (χ0) is 28.7. The summed E-state index contributed by atoms with van der Waals surface area (Å²) in [5, 5.41) is 13.5. The Kier molecular flexibility index (Phi) is 5.15. The zero-order valence-electron chi connectivity index (χ0n) is 24.4. The molecule has 8 aromatic rings. The van der Waals surface area contributed by atoms with Crippen LogP contribution >= 0.6 is 0 Å². The van der Waals surface area contributed by atoms with Crippen molar-refractivity contribution in [3.63, 3.8) is 0 Å². The molecule has 1 heteroatoms. The van der Waals surface area contributed by atoms with Crippen LogP contribution in [0.4, 0.5) is 0 Å². The van der Waals surface area contributed by atoms with E-state index in [9.17, 15) is 0 Å². The molecule has 0 N–H and O–H groups in total. The summed E-state index contributed by atoms with van der Waals surface area (Å²) in [5.41, 5.74) is 8.09. The minimum absolute atomic E-state index is 1.27. The van der Waals surface area contributed by atoms with E-state index >= 15 is 0 Å². The van der Waals surface area contributed by atoms with Gasteiger partial charge in [-0.2, -0.15) is 0 Å². The molecule has 0 aliphatic carbocycles. The Morgan fingerprint density at radius 2 is 0.907 bits per heavy atom. The van der Waals surface area contributed by atoms with Crippen LogP contribution in [0.25, 0.3) is 76.5 Å². The second-order valence-electron chi connectivity index (χ2n) is 12.5. The molecule has 0 atom stereocenters. The molecule has 0 saturated heterocycles. The molecule has 1 aliphatic rings. The highest BCUT2D eigenvalue weighted by atomic mass is 28.3. The third-order valence-corrected chi connectivity index (χ3v) is 13.4. The molecule has 1 heterocycles. The molecular weight excluding hydrogens is 533 g/mol. The van der Waals surface area contributed by atoms with E-state index in [1.54, 1.807) is 10.4 Å². The molecule has 0 unspecified atom stereocenters. The van der Waals surface area contributed by atoms with Gasteiger partial charge in [0, 0.05) is 0 Å². The van der Waals surface area contributed by atoms with E-state index in [2.05, 4.69) is 159 Å². The van der Waals surface area contributed by atoms with Gasteiger partial charge in [0.15, 0.2) is 0 Å². The Bertz CT molecular complexity index is 2430. The van der Waals surface area contributed by atoms with Crippen LogP contribution in [0.2, 0.25) is 13.1 Å². The van der Waals surface area contributed by atoms with Crippen LogP contribution in [0.5, 0.6) is 0 Å². The van der Waals surface area contributed by atoms with E-state index in [1.807, 2.05) is 0 Å². The number of benzene rings is 8. The van der Waals surface area contributed by atoms with Gasteiger partial charge in [-0.3, -0.25) is 0 Å². The second kappa shape index (κ2) is 9.01. The molecule has 0 saturated carbocycles. The lowest BCUT2D eigenvalue weighted by atomic mass is 9.82. The summed E-state index contributed by atoms with van der Waals surface area (Å²) in [4.78, 5) is 0. The maximum Gasteiger partial charge on any atom is 0.113 e. The zero-order valence-corrected chi connectivity index (χ0v) is 25.4. The van der Waals surface area contributed by atoms with E-state index in [-0.39, 0.29) is 0 Å². The van der Waals surface area contributed by atoms with Crippen molar-refractivity contribution in [1.29, 1.82) is 0 Å².